The van der Waals surface area contributed by atoms with E-state index in [1.54, 1.807) is 18.2 Å². The fourth-order valence-electron chi connectivity index (χ4n) is 1.45. The smallest absolute Gasteiger partial charge is 0.375 e. The van der Waals surface area contributed by atoms with Gasteiger partial charge in [-0.2, -0.15) is 0 Å². The van der Waals surface area contributed by atoms with Crippen LogP contribution in [-0.4, -0.2) is 18.1 Å². The van der Waals surface area contributed by atoms with Gasteiger partial charge in [-0.05, 0) is 11.6 Å². The van der Waals surface area contributed by atoms with Crippen LogP contribution >= 0.6 is 23.2 Å². The number of carbonyl (C=O) groups is 2. The molecule has 0 aliphatic carbocycles. The molecule has 1 amide bonds. The number of halogens is 2. The minimum atomic E-state index is -0.729. The van der Waals surface area contributed by atoms with E-state index in [1.165, 1.54) is 0 Å². The SMILES string of the molecule is O=C1NC(Cc2cccc(Cl)c2Cl)C(=O)O1. The molecule has 84 valence electrons. The lowest BCUT2D eigenvalue weighted by atomic mass is 10.1. The Hall–Kier alpha value is -1.26. The number of esters is 1. The van der Waals surface area contributed by atoms with Gasteiger partial charge in [0.15, 0.2) is 0 Å². The highest BCUT2D eigenvalue weighted by Crippen LogP contribution is 2.26. The summed E-state index contributed by atoms with van der Waals surface area (Å²) in [6.07, 6.45) is -0.461. The molecule has 1 aromatic carbocycles. The molecule has 0 bridgehead atoms. The van der Waals surface area contributed by atoms with Gasteiger partial charge in [0.2, 0.25) is 0 Å². The molecule has 1 heterocycles. The fourth-order valence-corrected chi connectivity index (χ4v) is 1.85. The number of hydrogen-bond acceptors (Lipinski definition) is 3. The van der Waals surface area contributed by atoms with Crippen LogP contribution in [0.15, 0.2) is 18.2 Å². The van der Waals surface area contributed by atoms with Crippen LogP contribution in [0, 0.1) is 0 Å². The standard InChI is InChI=1S/C10H7Cl2NO3/c11-6-3-1-2-5(8(6)12)4-7-9(14)16-10(15)13-7/h1-3,7H,4H2,(H,13,15). The van der Waals surface area contributed by atoms with E-state index in [4.69, 9.17) is 23.2 Å². The third kappa shape index (κ3) is 2.13. The summed E-state index contributed by atoms with van der Waals surface area (Å²) in [5, 5.41) is 3.19. The zero-order chi connectivity index (χ0) is 11.7. The molecular formula is C10H7Cl2NO3. The van der Waals surface area contributed by atoms with E-state index in [-0.39, 0.29) is 6.42 Å². The van der Waals surface area contributed by atoms with E-state index < -0.39 is 18.1 Å². The first-order chi connectivity index (χ1) is 7.58. The first-order valence-corrected chi connectivity index (χ1v) is 5.28. The van der Waals surface area contributed by atoms with Crippen LogP contribution in [0.2, 0.25) is 10.0 Å². The van der Waals surface area contributed by atoms with Crippen LogP contribution in [0.5, 0.6) is 0 Å². The van der Waals surface area contributed by atoms with Gasteiger partial charge in [0, 0.05) is 6.42 Å². The van der Waals surface area contributed by atoms with Crippen molar-refractivity contribution in [2.75, 3.05) is 0 Å². The average molecular weight is 260 g/mol. The first kappa shape index (κ1) is 11.2. The van der Waals surface area contributed by atoms with Crippen molar-refractivity contribution in [1.82, 2.24) is 5.32 Å². The summed E-state index contributed by atoms with van der Waals surface area (Å²) >= 11 is 11.8. The highest BCUT2D eigenvalue weighted by molar-refractivity contribution is 6.42. The molecule has 0 radical (unpaired) electrons. The summed E-state index contributed by atoms with van der Waals surface area (Å²) in [6.45, 7) is 0. The third-order valence-electron chi connectivity index (χ3n) is 2.23. The number of benzene rings is 1. The van der Waals surface area contributed by atoms with Gasteiger partial charge in [-0.25, -0.2) is 9.59 Å². The maximum Gasteiger partial charge on any atom is 0.415 e. The van der Waals surface area contributed by atoms with Gasteiger partial charge >= 0.3 is 12.1 Å². The van der Waals surface area contributed by atoms with E-state index in [0.29, 0.717) is 15.6 Å². The van der Waals surface area contributed by atoms with Gasteiger partial charge in [0.25, 0.3) is 0 Å². The number of cyclic esters (lactones) is 2. The Bertz CT molecular complexity index is 461. The maximum atomic E-state index is 11.2. The molecule has 16 heavy (non-hydrogen) atoms. The molecule has 1 aromatic rings. The number of hydrogen-bond donors (Lipinski definition) is 1. The van der Waals surface area contributed by atoms with Crippen molar-refractivity contribution < 1.29 is 14.3 Å². The van der Waals surface area contributed by atoms with E-state index in [0.717, 1.165) is 0 Å². The number of alkyl carbamates (subject to hydrolysis) is 1. The second kappa shape index (κ2) is 4.31. The van der Waals surface area contributed by atoms with Crippen LogP contribution in [0.25, 0.3) is 0 Å². The van der Waals surface area contributed by atoms with Crippen LogP contribution in [-0.2, 0) is 16.0 Å². The van der Waals surface area contributed by atoms with Crippen molar-refractivity contribution >= 4 is 35.3 Å². The normalized spacial score (nSPS) is 19.5. The highest BCUT2D eigenvalue weighted by atomic mass is 35.5. The Morgan fingerprint density at radius 3 is 2.69 bits per heavy atom. The second-order valence-corrected chi connectivity index (χ2v) is 4.11. The van der Waals surface area contributed by atoms with Crippen LogP contribution in [0.1, 0.15) is 5.56 Å². The topological polar surface area (TPSA) is 55.4 Å². The molecule has 1 atom stereocenters. The lowest BCUT2D eigenvalue weighted by Crippen LogP contribution is -2.30. The maximum absolute atomic E-state index is 11.2. The van der Waals surface area contributed by atoms with Gasteiger partial charge in [-0.1, -0.05) is 35.3 Å². The number of carbonyl (C=O) groups excluding carboxylic acids is 2. The van der Waals surface area contributed by atoms with E-state index in [9.17, 15) is 9.59 Å². The molecule has 0 saturated carbocycles. The highest BCUT2D eigenvalue weighted by Gasteiger charge is 2.32. The van der Waals surface area contributed by atoms with Gasteiger partial charge in [0.1, 0.15) is 6.04 Å². The molecule has 0 spiro atoms. The molecule has 2 rings (SSSR count). The number of nitrogens with one attached hydrogen (secondary N) is 1. The van der Waals surface area contributed by atoms with E-state index in [1.807, 2.05) is 0 Å². The molecule has 1 aliphatic rings. The van der Waals surface area contributed by atoms with Gasteiger partial charge in [0.05, 0.1) is 10.0 Å². The monoisotopic (exact) mass is 259 g/mol. The molecule has 0 aromatic heterocycles. The van der Waals surface area contributed by atoms with Gasteiger partial charge < -0.3 is 10.1 Å². The largest absolute Gasteiger partial charge is 0.415 e. The number of amides is 1. The molecule has 1 unspecified atom stereocenters. The quantitative estimate of drug-likeness (QED) is 0.654. The van der Waals surface area contributed by atoms with Crippen LogP contribution in [0.3, 0.4) is 0 Å². The zero-order valence-electron chi connectivity index (χ0n) is 8.00. The number of ether oxygens (including phenoxy) is 1. The Balaban J connectivity index is 2.18. The van der Waals surface area contributed by atoms with Crippen molar-refractivity contribution in [3.63, 3.8) is 0 Å². The summed E-state index contributed by atoms with van der Waals surface area (Å²) in [5.74, 6) is -0.596. The predicted octanol–water partition coefficient (Wildman–Crippen LogP) is 2.17. The lowest BCUT2D eigenvalue weighted by molar-refractivity contribution is -0.135. The number of rotatable bonds is 2. The second-order valence-electron chi connectivity index (χ2n) is 3.32. The molecule has 6 heteroatoms. The summed E-state index contributed by atoms with van der Waals surface area (Å²) in [6, 6.07) is 4.43. The Labute approximate surface area is 101 Å². The predicted molar refractivity (Wildman–Crippen MR) is 58.6 cm³/mol. The summed E-state index contributed by atoms with van der Waals surface area (Å²) in [7, 11) is 0. The lowest BCUT2D eigenvalue weighted by Gasteiger charge is -2.08. The molecule has 1 N–H and O–H groups in total. The summed E-state index contributed by atoms with van der Waals surface area (Å²) in [4.78, 5) is 22.0. The minimum Gasteiger partial charge on any atom is -0.375 e. The van der Waals surface area contributed by atoms with Gasteiger partial charge in [-0.3, -0.25) is 0 Å². The molecule has 1 aliphatic heterocycles. The fraction of sp³-hybridized carbons (Fsp3) is 0.200. The van der Waals surface area contributed by atoms with Crippen LogP contribution in [0.4, 0.5) is 4.79 Å². The van der Waals surface area contributed by atoms with Crippen molar-refractivity contribution in [3.8, 4) is 0 Å². The van der Waals surface area contributed by atoms with Crippen molar-refractivity contribution in [2.45, 2.75) is 12.5 Å². The summed E-state index contributed by atoms with van der Waals surface area (Å²) in [5.41, 5.74) is 0.693. The Morgan fingerprint density at radius 2 is 2.06 bits per heavy atom. The zero-order valence-corrected chi connectivity index (χ0v) is 9.51. The first-order valence-electron chi connectivity index (χ1n) is 4.53. The Kier molecular flexibility index (Phi) is 3.03. The third-order valence-corrected chi connectivity index (χ3v) is 3.08. The molecule has 1 saturated heterocycles. The molecular weight excluding hydrogens is 253 g/mol. The van der Waals surface area contributed by atoms with Crippen molar-refractivity contribution in [1.29, 1.82) is 0 Å². The van der Waals surface area contributed by atoms with Gasteiger partial charge in [-0.15, -0.1) is 0 Å². The van der Waals surface area contributed by atoms with E-state index >= 15 is 0 Å². The Morgan fingerprint density at radius 1 is 1.31 bits per heavy atom. The van der Waals surface area contributed by atoms with Crippen LogP contribution < -0.4 is 5.32 Å². The molecule has 4 nitrogen and oxygen atoms in total. The van der Waals surface area contributed by atoms with E-state index in [2.05, 4.69) is 10.1 Å². The molecule has 1 fully saturated rings. The van der Waals surface area contributed by atoms with Crippen molar-refractivity contribution in [2.24, 2.45) is 0 Å². The van der Waals surface area contributed by atoms with Crippen molar-refractivity contribution in [3.05, 3.63) is 33.8 Å². The minimum absolute atomic E-state index is 0.268. The summed E-state index contributed by atoms with van der Waals surface area (Å²) < 4.78 is 4.35. The average Bonchev–Trinajstić information content (AvgIpc) is 2.53.